The van der Waals surface area contributed by atoms with Crippen LogP contribution in [0.5, 0.6) is 5.75 Å². The third-order valence-corrected chi connectivity index (χ3v) is 3.30. The maximum Gasteiger partial charge on any atom is 0.119 e. The lowest BCUT2D eigenvalue weighted by molar-refractivity contribution is 0.469. The van der Waals surface area contributed by atoms with E-state index < -0.39 is 0 Å². The van der Waals surface area contributed by atoms with Gasteiger partial charge in [-0.1, -0.05) is 24.3 Å². The predicted molar refractivity (Wildman–Crippen MR) is 74.0 cm³/mol. The summed E-state index contributed by atoms with van der Waals surface area (Å²) in [5, 5.41) is 9.83. The maximum absolute atomic E-state index is 9.83. The number of pyridine rings is 1. The number of phenolic OH excluding ortho intramolecular Hbond substituents is 1. The molecule has 3 rings (SSSR count). The number of aromatic hydroxyl groups is 1. The fourth-order valence-electron chi connectivity index (χ4n) is 2.27. The molecule has 0 radical (unpaired) electrons. The second-order valence-electron chi connectivity index (χ2n) is 4.47. The average Bonchev–Trinajstić information content (AvgIpc) is 2.84. The van der Waals surface area contributed by atoms with Crippen molar-refractivity contribution in [2.45, 2.75) is 13.0 Å². The standard InChI is InChI=1S/C15H15N3O/c16-9-12-5-3-7-18-13(12)10-17-15(18)8-11-4-1-2-6-14(11)19/h1-7,10,19H,8-9,16H2. The Bertz CT molecular complexity index is 718. The number of hydrogen-bond donors (Lipinski definition) is 2. The van der Waals surface area contributed by atoms with Gasteiger partial charge in [0.2, 0.25) is 0 Å². The summed E-state index contributed by atoms with van der Waals surface area (Å²) in [4.78, 5) is 4.44. The van der Waals surface area contributed by atoms with Crippen LogP contribution in [0.4, 0.5) is 0 Å². The van der Waals surface area contributed by atoms with Crippen LogP contribution in [0.15, 0.2) is 48.8 Å². The van der Waals surface area contributed by atoms with Gasteiger partial charge in [0.15, 0.2) is 0 Å². The normalized spacial score (nSPS) is 11.0. The van der Waals surface area contributed by atoms with Crippen LogP contribution in [0.1, 0.15) is 17.0 Å². The van der Waals surface area contributed by atoms with Crippen LogP contribution in [0.2, 0.25) is 0 Å². The zero-order valence-electron chi connectivity index (χ0n) is 10.5. The van der Waals surface area contributed by atoms with Crippen LogP contribution in [-0.4, -0.2) is 14.5 Å². The van der Waals surface area contributed by atoms with E-state index in [9.17, 15) is 5.11 Å². The SMILES string of the molecule is NCc1cccn2c(Cc3ccccc3O)ncc12. The molecule has 0 atom stereocenters. The molecule has 0 unspecified atom stereocenters. The first-order valence-electron chi connectivity index (χ1n) is 6.20. The van der Waals surface area contributed by atoms with Gasteiger partial charge < -0.3 is 15.2 Å². The highest BCUT2D eigenvalue weighted by atomic mass is 16.3. The predicted octanol–water partition coefficient (Wildman–Crippen LogP) is 2.09. The molecular weight excluding hydrogens is 238 g/mol. The summed E-state index contributed by atoms with van der Waals surface area (Å²) in [5.74, 6) is 1.20. The van der Waals surface area contributed by atoms with Crippen LogP contribution >= 0.6 is 0 Å². The Hall–Kier alpha value is -2.33. The third kappa shape index (κ3) is 2.06. The Morgan fingerprint density at radius 3 is 2.68 bits per heavy atom. The number of nitrogens with zero attached hydrogens (tertiary/aromatic N) is 2. The highest BCUT2D eigenvalue weighted by Gasteiger charge is 2.09. The summed E-state index contributed by atoms with van der Waals surface area (Å²) in [7, 11) is 0. The number of fused-ring (bicyclic) bond motifs is 1. The largest absolute Gasteiger partial charge is 0.508 e. The molecular formula is C15H15N3O. The van der Waals surface area contributed by atoms with Gasteiger partial charge in [-0.25, -0.2) is 4.98 Å². The van der Waals surface area contributed by atoms with E-state index in [2.05, 4.69) is 4.98 Å². The third-order valence-electron chi connectivity index (χ3n) is 3.30. The molecule has 96 valence electrons. The van der Waals surface area contributed by atoms with Crippen molar-refractivity contribution in [3.8, 4) is 5.75 Å². The van der Waals surface area contributed by atoms with E-state index in [-0.39, 0.29) is 0 Å². The van der Waals surface area contributed by atoms with Crippen LogP contribution in [0, 0.1) is 0 Å². The molecule has 3 N–H and O–H groups in total. The Kier molecular flexibility index (Phi) is 2.93. The molecule has 4 heteroatoms. The minimum Gasteiger partial charge on any atom is -0.508 e. The van der Waals surface area contributed by atoms with Crippen molar-refractivity contribution >= 4 is 5.52 Å². The monoisotopic (exact) mass is 253 g/mol. The molecule has 4 nitrogen and oxygen atoms in total. The number of phenols is 1. The van der Waals surface area contributed by atoms with E-state index in [0.717, 1.165) is 22.5 Å². The molecule has 3 aromatic rings. The van der Waals surface area contributed by atoms with Gasteiger partial charge in [-0.3, -0.25) is 0 Å². The van der Waals surface area contributed by atoms with Crippen LogP contribution < -0.4 is 5.73 Å². The molecule has 19 heavy (non-hydrogen) atoms. The zero-order valence-corrected chi connectivity index (χ0v) is 10.5. The van der Waals surface area contributed by atoms with Crippen molar-refractivity contribution in [1.82, 2.24) is 9.38 Å². The molecule has 0 spiro atoms. The van der Waals surface area contributed by atoms with Crippen LogP contribution in [-0.2, 0) is 13.0 Å². The lowest BCUT2D eigenvalue weighted by Gasteiger charge is -2.05. The van der Waals surface area contributed by atoms with Crippen molar-refractivity contribution in [3.63, 3.8) is 0 Å². The smallest absolute Gasteiger partial charge is 0.119 e. The first-order chi connectivity index (χ1) is 9.29. The van der Waals surface area contributed by atoms with E-state index in [1.54, 1.807) is 6.07 Å². The Morgan fingerprint density at radius 2 is 1.89 bits per heavy atom. The summed E-state index contributed by atoms with van der Waals surface area (Å²) < 4.78 is 2.02. The lowest BCUT2D eigenvalue weighted by atomic mass is 10.1. The fourth-order valence-corrected chi connectivity index (χ4v) is 2.27. The number of rotatable bonds is 3. The molecule has 0 aliphatic carbocycles. The van der Waals surface area contributed by atoms with Crippen LogP contribution in [0.25, 0.3) is 5.52 Å². The van der Waals surface area contributed by atoms with Crippen molar-refractivity contribution in [2.24, 2.45) is 5.73 Å². The summed E-state index contributed by atoms with van der Waals surface area (Å²) >= 11 is 0. The molecule has 2 aromatic heterocycles. The van der Waals surface area contributed by atoms with Crippen molar-refractivity contribution in [1.29, 1.82) is 0 Å². The highest BCUT2D eigenvalue weighted by molar-refractivity contribution is 5.54. The average molecular weight is 253 g/mol. The summed E-state index contributed by atoms with van der Waals surface area (Å²) in [6, 6.07) is 11.3. The zero-order chi connectivity index (χ0) is 13.2. The summed E-state index contributed by atoms with van der Waals surface area (Å²) in [5.41, 5.74) is 8.68. The Labute approximate surface area is 111 Å². The summed E-state index contributed by atoms with van der Waals surface area (Å²) in [6.07, 6.45) is 4.39. The Balaban J connectivity index is 2.05. The van der Waals surface area contributed by atoms with E-state index in [1.165, 1.54) is 0 Å². The number of imidazole rings is 1. The first kappa shape index (κ1) is 11.7. The number of aromatic nitrogens is 2. The second kappa shape index (κ2) is 4.74. The minimum atomic E-state index is 0.300. The van der Waals surface area contributed by atoms with Gasteiger partial charge in [-0.15, -0.1) is 0 Å². The van der Waals surface area contributed by atoms with Gasteiger partial charge in [-0.2, -0.15) is 0 Å². The van der Waals surface area contributed by atoms with Gasteiger partial charge in [0.1, 0.15) is 11.6 Å². The topological polar surface area (TPSA) is 63.5 Å². The molecule has 0 saturated carbocycles. The van der Waals surface area contributed by atoms with Gasteiger partial charge in [-0.05, 0) is 17.7 Å². The molecule has 0 amide bonds. The minimum absolute atomic E-state index is 0.300. The van der Waals surface area contributed by atoms with E-state index in [4.69, 9.17) is 5.73 Å². The van der Waals surface area contributed by atoms with E-state index in [1.807, 2.05) is 47.1 Å². The molecule has 1 aromatic carbocycles. The number of benzene rings is 1. The quantitative estimate of drug-likeness (QED) is 0.751. The number of nitrogens with two attached hydrogens (primary N) is 1. The molecule has 0 aliphatic heterocycles. The van der Waals surface area contributed by atoms with E-state index in [0.29, 0.717) is 18.7 Å². The Morgan fingerprint density at radius 1 is 1.11 bits per heavy atom. The van der Waals surface area contributed by atoms with Crippen molar-refractivity contribution < 1.29 is 5.11 Å². The number of hydrogen-bond acceptors (Lipinski definition) is 3. The molecule has 0 bridgehead atoms. The molecule has 0 fully saturated rings. The fraction of sp³-hybridized carbons (Fsp3) is 0.133. The molecule has 2 heterocycles. The van der Waals surface area contributed by atoms with Gasteiger partial charge in [0.05, 0.1) is 11.7 Å². The van der Waals surface area contributed by atoms with Crippen molar-refractivity contribution in [2.75, 3.05) is 0 Å². The van der Waals surface area contributed by atoms with Gasteiger partial charge >= 0.3 is 0 Å². The van der Waals surface area contributed by atoms with Gasteiger partial charge in [0, 0.05) is 24.7 Å². The molecule has 0 aliphatic rings. The number of para-hydroxylation sites is 1. The van der Waals surface area contributed by atoms with E-state index >= 15 is 0 Å². The van der Waals surface area contributed by atoms with Crippen molar-refractivity contribution in [3.05, 3.63) is 65.7 Å². The summed E-state index contributed by atoms with van der Waals surface area (Å²) in [6.45, 7) is 0.492. The molecule has 0 saturated heterocycles. The van der Waals surface area contributed by atoms with Gasteiger partial charge in [0.25, 0.3) is 0 Å². The first-order valence-corrected chi connectivity index (χ1v) is 6.20. The second-order valence-corrected chi connectivity index (χ2v) is 4.47. The highest BCUT2D eigenvalue weighted by Crippen LogP contribution is 2.20. The van der Waals surface area contributed by atoms with Crippen LogP contribution in [0.3, 0.4) is 0 Å². The maximum atomic E-state index is 9.83. The lowest BCUT2D eigenvalue weighted by Crippen LogP contribution is -2.01.